The van der Waals surface area contributed by atoms with Gasteiger partial charge < -0.3 is 10.0 Å². The highest BCUT2D eigenvalue weighted by atomic mass is 79.9. The van der Waals surface area contributed by atoms with Crippen LogP contribution in [0.1, 0.15) is 39.0 Å². The van der Waals surface area contributed by atoms with Gasteiger partial charge in [-0.15, -0.1) is 0 Å². The zero-order valence-corrected chi connectivity index (χ0v) is 10.9. The number of β-amino-alcohol motifs (C(OH)–C–C–N with tert-alkyl or cyclic N) is 1. The fourth-order valence-electron chi connectivity index (χ4n) is 1.96. The molecule has 0 aromatic rings. The van der Waals surface area contributed by atoms with E-state index in [-0.39, 0.29) is 5.91 Å². The summed E-state index contributed by atoms with van der Waals surface area (Å²) in [5, 5.41) is 10.8. The zero-order chi connectivity index (χ0) is 11.3. The van der Waals surface area contributed by atoms with E-state index in [0.29, 0.717) is 13.0 Å². The molecule has 0 saturated carbocycles. The van der Waals surface area contributed by atoms with Gasteiger partial charge in [0.15, 0.2) is 0 Å². The van der Waals surface area contributed by atoms with Gasteiger partial charge in [0.1, 0.15) is 0 Å². The molecule has 3 nitrogen and oxygen atoms in total. The van der Waals surface area contributed by atoms with Gasteiger partial charge in [0.25, 0.3) is 0 Å². The van der Waals surface area contributed by atoms with Crippen LogP contribution in [0.4, 0.5) is 0 Å². The highest BCUT2D eigenvalue weighted by molar-refractivity contribution is 9.09. The van der Waals surface area contributed by atoms with Gasteiger partial charge in [-0.2, -0.15) is 0 Å². The molecular weight excluding hydrogens is 258 g/mol. The van der Waals surface area contributed by atoms with Crippen molar-refractivity contribution in [2.75, 3.05) is 18.4 Å². The van der Waals surface area contributed by atoms with Gasteiger partial charge in [-0.3, -0.25) is 4.79 Å². The first-order chi connectivity index (χ1) is 7.05. The largest absolute Gasteiger partial charge is 0.388 e. The number of hydrogen-bond acceptors (Lipinski definition) is 2. The predicted molar refractivity (Wildman–Crippen MR) is 64.1 cm³/mol. The Bertz CT molecular complexity index is 219. The number of piperidine rings is 1. The summed E-state index contributed by atoms with van der Waals surface area (Å²) >= 11 is 3.35. The molecule has 1 fully saturated rings. The normalized spacial score (nSPS) is 26.7. The van der Waals surface area contributed by atoms with Crippen LogP contribution in [0.2, 0.25) is 0 Å². The lowest BCUT2D eigenvalue weighted by Crippen LogP contribution is -2.48. The summed E-state index contributed by atoms with van der Waals surface area (Å²) < 4.78 is 0. The minimum atomic E-state index is -0.677. The SMILES string of the molecule is CC1(O)CCCN(C(=O)CCCCBr)C1. The van der Waals surface area contributed by atoms with E-state index < -0.39 is 5.60 Å². The van der Waals surface area contributed by atoms with Crippen molar-refractivity contribution in [1.82, 2.24) is 4.90 Å². The number of nitrogens with zero attached hydrogens (tertiary/aromatic N) is 1. The molecule has 1 N–H and O–H groups in total. The van der Waals surface area contributed by atoms with E-state index in [9.17, 15) is 9.90 Å². The Morgan fingerprint density at radius 2 is 2.27 bits per heavy atom. The van der Waals surface area contributed by atoms with Crippen molar-refractivity contribution >= 4 is 21.8 Å². The molecule has 88 valence electrons. The molecule has 0 radical (unpaired) electrons. The molecule has 0 bridgehead atoms. The number of halogens is 1. The van der Waals surface area contributed by atoms with Crippen molar-refractivity contribution in [2.24, 2.45) is 0 Å². The van der Waals surface area contributed by atoms with Crippen LogP contribution in [0.5, 0.6) is 0 Å². The molecule has 1 unspecified atom stereocenters. The number of unbranched alkanes of at least 4 members (excludes halogenated alkanes) is 1. The van der Waals surface area contributed by atoms with Crippen molar-refractivity contribution in [2.45, 2.75) is 44.6 Å². The summed E-state index contributed by atoms with van der Waals surface area (Å²) in [7, 11) is 0. The van der Waals surface area contributed by atoms with Crippen LogP contribution in [-0.2, 0) is 4.79 Å². The van der Waals surface area contributed by atoms with Crippen LogP contribution in [0.15, 0.2) is 0 Å². The lowest BCUT2D eigenvalue weighted by molar-refractivity contribution is -0.137. The van der Waals surface area contributed by atoms with Crippen molar-refractivity contribution in [3.8, 4) is 0 Å². The standard InChI is InChI=1S/C11H20BrNO2/c1-11(15)6-4-8-13(9-11)10(14)5-2-3-7-12/h15H,2-9H2,1H3. The average Bonchev–Trinajstić information content (AvgIpc) is 2.16. The predicted octanol–water partition coefficient (Wildman–Crippen LogP) is 1.93. The Kier molecular flexibility index (Phi) is 5.06. The van der Waals surface area contributed by atoms with Crippen molar-refractivity contribution < 1.29 is 9.90 Å². The van der Waals surface area contributed by atoms with E-state index in [1.807, 2.05) is 6.92 Å². The Labute approximate surface area is 100.0 Å². The van der Waals surface area contributed by atoms with Crippen LogP contribution < -0.4 is 0 Å². The van der Waals surface area contributed by atoms with Crippen molar-refractivity contribution in [1.29, 1.82) is 0 Å². The molecule has 0 aromatic heterocycles. The highest BCUT2D eigenvalue weighted by Crippen LogP contribution is 2.21. The number of aliphatic hydroxyl groups is 1. The van der Waals surface area contributed by atoms with Gasteiger partial charge in [0.2, 0.25) is 5.91 Å². The minimum Gasteiger partial charge on any atom is -0.388 e. The first kappa shape index (κ1) is 13.0. The van der Waals surface area contributed by atoms with Gasteiger partial charge in [-0.25, -0.2) is 0 Å². The van der Waals surface area contributed by atoms with Crippen molar-refractivity contribution in [3.63, 3.8) is 0 Å². The Balaban J connectivity index is 2.32. The van der Waals surface area contributed by atoms with Gasteiger partial charge in [0.05, 0.1) is 5.60 Å². The first-order valence-corrected chi connectivity index (χ1v) is 6.73. The summed E-state index contributed by atoms with van der Waals surface area (Å²) in [6.45, 7) is 3.12. The topological polar surface area (TPSA) is 40.5 Å². The number of likely N-dealkylation sites (tertiary alicyclic amines) is 1. The van der Waals surface area contributed by atoms with Crippen molar-refractivity contribution in [3.05, 3.63) is 0 Å². The Hall–Kier alpha value is -0.0900. The Morgan fingerprint density at radius 3 is 2.87 bits per heavy atom. The highest BCUT2D eigenvalue weighted by Gasteiger charge is 2.30. The van der Waals surface area contributed by atoms with Crippen LogP contribution in [-0.4, -0.2) is 39.9 Å². The zero-order valence-electron chi connectivity index (χ0n) is 9.34. The van der Waals surface area contributed by atoms with Crippen LogP contribution >= 0.6 is 15.9 Å². The second kappa shape index (κ2) is 5.85. The molecule has 1 heterocycles. The maximum atomic E-state index is 11.8. The molecule has 1 aliphatic rings. The lowest BCUT2D eigenvalue weighted by Gasteiger charge is -2.36. The fraction of sp³-hybridized carbons (Fsp3) is 0.909. The first-order valence-electron chi connectivity index (χ1n) is 5.61. The third-order valence-corrected chi connectivity index (χ3v) is 3.36. The molecule has 0 aliphatic carbocycles. The van der Waals surface area contributed by atoms with Gasteiger partial charge in [-0.05, 0) is 32.6 Å². The van der Waals surface area contributed by atoms with E-state index in [2.05, 4.69) is 15.9 Å². The van der Waals surface area contributed by atoms with E-state index in [1.54, 1.807) is 4.90 Å². The van der Waals surface area contributed by atoms with Gasteiger partial charge >= 0.3 is 0 Å². The number of carbonyl (C=O) groups excluding carboxylic acids is 1. The third-order valence-electron chi connectivity index (χ3n) is 2.80. The second-order valence-electron chi connectivity index (χ2n) is 4.56. The summed E-state index contributed by atoms with van der Waals surface area (Å²) in [4.78, 5) is 13.6. The van der Waals surface area contributed by atoms with Crippen LogP contribution in [0.3, 0.4) is 0 Å². The van der Waals surface area contributed by atoms with Crippen LogP contribution in [0, 0.1) is 0 Å². The molecule has 1 aliphatic heterocycles. The van der Waals surface area contributed by atoms with E-state index >= 15 is 0 Å². The van der Waals surface area contributed by atoms with E-state index in [4.69, 9.17) is 0 Å². The fourth-order valence-corrected chi connectivity index (χ4v) is 2.36. The van der Waals surface area contributed by atoms with Crippen LogP contribution in [0.25, 0.3) is 0 Å². The number of alkyl halides is 1. The summed E-state index contributed by atoms with van der Waals surface area (Å²) in [6.07, 6.45) is 4.30. The third kappa shape index (κ3) is 4.51. The second-order valence-corrected chi connectivity index (χ2v) is 5.35. The maximum Gasteiger partial charge on any atom is 0.222 e. The summed E-state index contributed by atoms with van der Waals surface area (Å²) in [5.41, 5.74) is -0.677. The number of amides is 1. The monoisotopic (exact) mass is 277 g/mol. The van der Waals surface area contributed by atoms with Gasteiger partial charge in [-0.1, -0.05) is 15.9 Å². The maximum absolute atomic E-state index is 11.8. The summed E-state index contributed by atoms with van der Waals surface area (Å²) in [6, 6.07) is 0. The average molecular weight is 278 g/mol. The Morgan fingerprint density at radius 1 is 1.53 bits per heavy atom. The molecule has 1 rings (SSSR count). The van der Waals surface area contributed by atoms with E-state index in [1.165, 1.54) is 0 Å². The van der Waals surface area contributed by atoms with Gasteiger partial charge in [0, 0.05) is 24.8 Å². The molecule has 1 amide bonds. The molecule has 1 saturated heterocycles. The minimum absolute atomic E-state index is 0.191. The molecule has 1 atom stereocenters. The number of rotatable bonds is 4. The lowest BCUT2D eigenvalue weighted by atomic mass is 9.95. The molecule has 0 aromatic carbocycles. The smallest absolute Gasteiger partial charge is 0.222 e. The number of hydrogen-bond donors (Lipinski definition) is 1. The molecule has 15 heavy (non-hydrogen) atoms. The van der Waals surface area contributed by atoms with E-state index in [0.717, 1.165) is 37.6 Å². The molecular formula is C11H20BrNO2. The summed E-state index contributed by atoms with van der Waals surface area (Å²) in [5.74, 6) is 0.191. The quantitative estimate of drug-likeness (QED) is 0.630. The molecule has 0 spiro atoms. The molecule has 4 heteroatoms. The number of carbonyl (C=O) groups is 1.